The molecule has 1 aromatic rings. The minimum atomic E-state index is 0.907. The van der Waals surface area contributed by atoms with Gasteiger partial charge >= 0.3 is 0 Å². The van der Waals surface area contributed by atoms with Gasteiger partial charge in [0.25, 0.3) is 0 Å². The molecule has 1 fully saturated rings. The highest BCUT2D eigenvalue weighted by Crippen LogP contribution is 1.99. The average Bonchev–Trinajstić information content (AvgIpc) is 2.32. The lowest BCUT2D eigenvalue weighted by Crippen LogP contribution is -2.47. The van der Waals surface area contributed by atoms with Gasteiger partial charge < -0.3 is 5.32 Å². The summed E-state index contributed by atoms with van der Waals surface area (Å²) in [5.74, 6) is 0. The zero-order valence-corrected chi connectivity index (χ0v) is 9.02. The molecular formula is C12H18N3. The van der Waals surface area contributed by atoms with E-state index in [0.717, 1.165) is 39.1 Å². The molecule has 0 unspecified atom stereocenters. The zero-order valence-electron chi connectivity index (χ0n) is 9.02. The van der Waals surface area contributed by atoms with Gasteiger partial charge in [-0.3, -0.25) is 0 Å². The number of rotatable bonds is 4. The molecule has 1 heterocycles. The summed E-state index contributed by atoms with van der Waals surface area (Å²) in [5.41, 5.74) is 5.94. The number of hydrogen-bond acceptors (Lipinski definition) is 2. The molecule has 0 aliphatic carbocycles. The Morgan fingerprint density at radius 2 is 1.87 bits per heavy atom. The molecule has 1 aliphatic heterocycles. The molecule has 1 radical (unpaired) electrons. The summed E-state index contributed by atoms with van der Waals surface area (Å²) in [4.78, 5) is 0. The van der Waals surface area contributed by atoms with E-state index in [4.69, 9.17) is 0 Å². The van der Waals surface area contributed by atoms with Crippen LogP contribution in [0.4, 0.5) is 0 Å². The summed E-state index contributed by atoms with van der Waals surface area (Å²) < 4.78 is 0. The van der Waals surface area contributed by atoms with Crippen LogP contribution in [0.5, 0.6) is 0 Å². The van der Waals surface area contributed by atoms with Crippen molar-refractivity contribution < 1.29 is 0 Å². The van der Waals surface area contributed by atoms with Gasteiger partial charge in [0.15, 0.2) is 0 Å². The highest BCUT2D eigenvalue weighted by molar-refractivity contribution is 5.14. The van der Waals surface area contributed by atoms with Crippen LogP contribution in [-0.2, 0) is 6.42 Å². The first-order valence-corrected chi connectivity index (χ1v) is 5.62. The summed E-state index contributed by atoms with van der Waals surface area (Å²) in [6.45, 7) is 5.14. The van der Waals surface area contributed by atoms with E-state index in [-0.39, 0.29) is 0 Å². The molecule has 0 aromatic heterocycles. The molecule has 81 valence electrons. The first kappa shape index (κ1) is 10.6. The van der Waals surface area contributed by atoms with Gasteiger partial charge in [-0.1, -0.05) is 30.3 Å². The van der Waals surface area contributed by atoms with Gasteiger partial charge in [0, 0.05) is 32.7 Å². The number of benzene rings is 1. The maximum atomic E-state index is 4.57. The molecule has 0 amide bonds. The summed E-state index contributed by atoms with van der Waals surface area (Å²) >= 11 is 0. The molecule has 0 spiro atoms. The Bertz CT molecular complexity index is 267. The first-order valence-electron chi connectivity index (χ1n) is 5.62. The van der Waals surface area contributed by atoms with Crippen molar-refractivity contribution in [3.05, 3.63) is 35.9 Å². The lowest BCUT2D eigenvalue weighted by atomic mass is 10.2. The van der Waals surface area contributed by atoms with E-state index >= 15 is 0 Å². The van der Waals surface area contributed by atoms with Gasteiger partial charge in [0.2, 0.25) is 0 Å². The third-order valence-corrected chi connectivity index (χ3v) is 2.64. The quantitative estimate of drug-likeness (QED) is 0.780. The topological polar surface area (TPSA) is 29.4 Å². The van der Waals surface area contributed by atoms with E-state index in [1.807, 2.05) is 0 Å². The van der Waals surface area contributed by atoms with E-state index in [1.54, 1.807) is 0 Å². The van der Waals surface area contributed by atoms with Crippen LogP contribution in [0.15, 0.2) is 30.3 Å². The fourth-order valence-corrected chi connectivity index (χ4v) is 1.76. The average molecular weight is 204 g/mol. The number of piperazine rings is 1. The van der Waals surface area contributed by atoms with Crippen molar-refractivity contribution in [1.82, 2.24) is 15.8 Å². The van der Waals surface area contributed by atoms with Gasteiger partial charge in [-0.25, -0.2) is 5.01 Å². The Balaban J connectivity index is 1.66. The van der Waals surface area contributed by atoms with Crippen molar-refractivity contribution in [3.63, 3.8) is 0 Å². The third-order valence-electron chi connectivity index (χ3n) is 2.64. The second-order valence-corrected chi connectivity index (χ2v) is 3.80. The highest BCUT2D eigenvalue weighted by atomic mass is 15.5. The van der Waals surface area contributed by atoms with Crippen molar-refractivity contribution in [3.8, 4) is 0 Å². The highest BCUT2D eigenvalue weighted by Gasteiger charge is 2.08. The van der Waals surface area contributed by atoms with Crippen LogP contribution in [0.2, 0.25) is 0 Å². The number of nitrogens with zero attached hydrogens (tertiary/aromatic N) is 2. The van der Waals surface area contributed by atoms with Crippen LogP contribution >= 0.6 is 0 Å². The molecule has 1 saturated heterocycles. The Morgan fingerprint density at radius 3 is 2.60 bits per heavy atom. The van der Waals surface area contributed by atoms with Crippen LogP contribution in [-0.4, -0.2) is 37.7 Å². The monoisotopic (exact) mass is 204 g/mol. The van der Waals surface area contributed by atoms with E-state index in [2.05, 4.69) is 46.1 Å². The Morgan fingerprint density at radius 1 is 1.13 bits per heavy atom. The lowest BCUT2D eigenvalue weighted by Gasteiger charge is -2.25. The summed E-state index contributed by atoms with van der Waals surface area (Å²) in [7, 11) is 0. The van der Waals surface area contributed by atoms with Crippen LogP contribution in [0.25, 0.3) is 0 Å². The van der Waals surface area contributed by atoms with E-state index in [9.17, 15) is 0 Å². The molecule has 0 saturated carbocycles. The predicted octanol–water partition coefficient (Wildman–Crippen LogP) is 0.654. The van der Waals surface area contributed by atoms with Crippen molar-refractivity contribution in [2.24, 2.45) is 0 Å². The molecule has 15 heavy (non-hydrogen) atoms. The summed E-state index contributed by atoms with van der Waals surface area (Å²) in [5, 5.41) is 5.50. The van der Waals surface area contributed by atoms with E-state index < -0.39 is 0 Å². The second-order valence-electron chi connectivity index (χ2n) is 3.80. The summed E-state index contributed by atoms with van der Waals surface area (Å²) in [6.07, 6.45) is 1.05. The molecule has 3 heteroatoms. The van der Waals surface area contributed by atoms with Crippen molar-refractivity contribution in [2.75, 3.05) is 32.7 Å². The Hall–Kier alpha value is -0.900. The summed E-state index contributed by atoms with van der Waals surface area (Å²) in [6, 6.07) is 10.5. The molecule has 1 aromatic carbocycles. The standard InChI is InChI=1S/C12H18N3/c1-2-4-12(5-3-1)6-7-14-15-10-8-13-9-11-15/h1-5,13H,6-11H2. The minimum Gasteiger partial charge on any atom is -0.314 e. The van der Waals surface area contributed by atoms with Gasteiger partial charge in [0.05, 0.1) is 0 Å². The third kappa shape index (κ3) is 3.63. The lowest BCUT2D eigenvalue weighted by molar-refractivity contribution is 0.159. The maximum absolute atomic E-state index is 4.57. The molecule has 0 atom stereocenters. The van der Waals surface area contributed by atoms with Crippen LogP contribution in [0.1, 0.15) is 5.56 Å². The predicted molar refractivity (Wildman–Crippen MR) is 61.6 cm³/mol. The number of hydrogen-bond donors (Lipinski definition) is 1. The Labute approximate surface area is 91.4 Å². The number of nitrogens with one attached hydrogen (secondary N) is 1. The largest absolute Gasteiger partial charge is 0.314 e. The van der Waals surface area contributed by atoms with Crippen LogP contribution in [0, 0.1) is 0 Å². The first-order chi connectivity index (χ1) is 7.45. The normalized spacial score (nSPS) is 17.9. The van der Waals surface area contributed by atoms with Crippen molar-refractivity contribution in [2.45, 2.75) is 6.42 Å². The molecule has 1 N–H and O–H groups in total. The van der Waals surface area contributed by atoms with Gasteiger partial charge in [0.1, 0.15) is 0 Å². The minimum absolute atomic E-state index is 0.907. The van der Waals surface area contributed by atoms with Crippen molar-refractivity contribution >= 4 is 0 Å². The SMILES string of the molecule is c1ccc(CC[N]N2CCNCC2)cc1. The fraction of sp³-hybridized carbons (Fsp3) is 0.500. The van der Waals surface area contributed by atoms with Gasteiger partial charge in [-0.05, 0) is 12.0 Å². The molecular weight excluding hydrogens is 186 g/mol. The van der Waals surface area contributed by atoms with E-state index in [1.165, 1.54) is 5.56 Å². The maximum Gasteiger partial charge on any atom is 0.0347 e. The van der Waals surface area contributed by atoms with Crippen molar-refractivity contribution in [1.29, 1.82) is 0 Å². The second kappa shape index (κ2) is 5.85. The fourth-order valence-electron chi connectivity index (χ4n) is 1.76. The smallest absolute Gasteiger partial charge is 0.0347 e. The molecule has 1 aliphatic rings. The van der Waals surface area contributed by atoms with E-state index in [0.29, 0.717) is 0 Å². The van der Waals surface area contributed by atoms with Crippen LogP contribution in [0.3, 0.4) is 0 Å². The Kier molecular flexibility index (Phi) is 4.14. The molecule has 0 bridgehead atoms. The van der Waals surface area contributed by atoms with Gasteiger partial charge in [-0.15, -0.1) is 0 Å². The zero-order chi connectivity index (χ0) is 10.3. The van der Waals surface area contributed by atoms with Crippen LogP contribution < -0.4 is 10.7 Å². The van der Waals surface area contributed by atoms with Gasteiger partial charge in [-0.2, -0.15) is 5.43 Å². The molecule has 2 rings (SSSR count). The molecule has 3 nitrogen and oxygen atoms in total.